The van der Waals surface area contributed by atoms with E-state index in [4.69, 9.17) is 11.1 Å². The fourth-order valence-corrected chi connectivity index (χ4v) is 1.35. The topological polar surface area (TPSA) is 82.5 Å². The van der Waals surface area contributed by atoms with Crippen LogP contribution in [0, 0.1) is 11.3 Å². The van der Waals surface area contributed by atoms with E-state index in [0.717, 1.165) is 0 Å². The molecule has 4 heteroatoms. The average molecular weight is 245 g/mol. The molecule has 0 radical (unpaired) electrons. The molecule has 0 aliphatic rings. The predicted molar refractivity (Wildman–Crippen MR) is 75.9 cm³/mol. The molecule has 1 rings (SSSR count). The van der Waals surface area contributed by atoms with E-state index in [1.165, 1.54) is 6.07 Å². The Labute approximate surface area is 107 Å². The summed E-state index contributed by atoms with van der Waals surface area (Å²) in [7, 11) is 0. The van der Waals surface area contributed by atoms with E-state index in [-0.39, 0.29) is 11.7 Å². The van der Waals surface area contributed by atoms with Gasteiger partial charge in [-0.2, -0.15) is 0 Å². The second-order valence-corrected chi connectivity index (χ2v) is 4.55. The highest BCUT2D eigenvalue weighted by Crippen LogP contribution is 2.25. The Balaban J connectivity index is 3.20. The molecule has 0 fully saturated rings. The van der Waals surface area contributed by atoms with Crippen LogP contribution in [0.1, 0.15) is 26.3 Å². The summed E-state index contributed by atoms with van der Waals surface area (Å²) in [6.45, 7) is 9.29. The number of nitrogens with one attached hydrogen (secondary N) is 1. The van der Waals surface area contributed by atoms with Crippen molar-refractivity contribution in [1.29, 1.82) is 5.41 Å². The third kappa shape index (κ3) is 3.20. The third-order valence-corrected chi connectivity index (χ3v) is 2.53. The molecule has 1 aromatic rings. The number of rotatable bonds is 4. The summed E-state index contributed by atoms with van der Waals surface area (Å²) in [5.41, 5.74) is 7.86. The first-order valence-electron chi connectivity index (χ1n) is 5.74. The molecule has 0 aromatic heterocycles. The monoisotopic (exact) mass is 245 g/mol. The van der Waals surface area contributed by atoms with Crippen LogP contribution in [0.4, 0.5) is 5.69 Å². The van der Waals surface area contributed by atoms with Crippen molar-refractivity contribution in [3.63, 3.8) is 0 Å². The Bertz CT molecular complexity index is 516. The lowest BCUT2D eigenvalue weighted by atomic mass is 9.99. The van der Waals surface area contributed by atoms with Crippen molar-refractivity contribution in [2.24, 2.45) is 16.6 Å². The first-order chi connectivity index (χ1) is 8.32. The molecule has 0 aliphatic carbocycles. The number of nitrogens with zero attached hydrogens (tertiary/aromatic N) is 1. The molecule has 0 saturated heterocycles. The van der Waals surface area contributed by atoms with Gasteiger partial charge in [-0.15, -0.1) is 0 Å². The quantitative estimate of drug-likeness (QED) is 0.563. The number of aromatic hydroxyl groups is 1. The van der Waals surface area contributed by atoms with E-state index in [1.54, 1.807) is 19.1 Å². The zero-order valence-electron chi connectivity index (χ0n) is 11.0. The van der Waals surface area contributed by atoms with E-state index >= 15 is 0 Å². The maximum atomic E-state index is 9.76. The van der Waals surface area contributed by atoms with Gasteiger partial charge in [-0.25, -0.2) is 4.99 Å². The molecule has 18 heavy (non-hydrogen) atoms. The summed E-state index contributed by atoms with van der Waals surface area (Å²) in [6, 6.07) is 4.84. The first kappa shape index (κ1) is 14.0. The van der Waals surface area contributed by atoms with Crippen LogP contribution in [0.2, 0.25) is 0 Å². The third-order valence-electron chi connectivity index (χ3n) is 2.53. The van der Waals surface area contributed by atoms with Gasteiger partial charge in [0.1, 0.15) is 11.6 Å². The van der Waals surface area contributed by atoms with Crippen LogP contribution in [0.25, 0.3) is 0 Å². The highest BCUT2D eigenvalue weighted by molar-refractivity contribution is 6.03. The zero-order valence-corrected chi connectivity index (χ0v) is 11.0. The van der Waals surface area contributed by atoms with Gasteiger partial charge in [-0.3, -0.25) is 0 Å². The molecule has 0 heterocycles. The second-order valence-electron chi connectivity index (χ2n) is 4.55. The van der Waals surface area contributed by atoms with Gasteiger partial charge in [-0.05, 0) is 36.6 Å². The van der Waals surface area contributed by atoms with Gasteiger partial charge in [0.25, 0.3) is 0 Å². The van der Waals surface area contributed by atoms with E-state index in [0.29, 0.717) is 28.4 Å². The Kier molecular flexibility index (Phi) is 4.26. The summed E-state index contributed by atoms with van der Waals surface area (Å²) in [5.74, 6) is 0.470. The maximum absolute atomic E-state index is 9.76. The van der Waals surface area contributed by atoms with Crippen LogP contribution in [0.3, 0.4) is 0 Å². The first-order valence-corrected chi connectivity index (χ1v) is 5.74. The molecule has 0 amide bonds. The van der Waals surface area contributed by atoms with Crippen molar-refractivity contribution in [2.45, 2.75) is 20.8 Å². The van der Waals surface area contributed by atoms with Crippen molar-refractivity contribution in [1.82, 2.24) is 0 Å². The smallest absolute Gasteiger partial charge is 0.126 e. The average Bonchev–Trinajstić information content (AvgIpc) is 2.30. The highest BCUT2D eigenvalue weighted by Gasteiger charge is 2.11. The number of aliphatic imine (C=N–C) groups is 1. The lowest BCUT2D eigenvalue weighted by molar-refractivity contribution is 0.473. The lowest BCUT2D eigenvalue weighted by Gasteiger charge is -2.10. The fraction of sp³-hybridized carbons (Fsp3) is 0.286. The lowest BCUT2D eigenvalue weighted by Crippen LogP contribution is -2.11. The van der Waals surface area contributed by atoms with Crippen molar-refractivity contribution in [3.05, 3.63) is 35.9 Å². The molecule has 0 unspecified atom stereocenters. The molecule has 0 bridgehead atoms. The van der Waals surface area contributed by atoms with Gasteiger partial charge in [0.05, 0.1) is 5.69 Å². The van der Waals surface area contributed by atoms with E-state index in [2.05, 4.69) is 11.6 Å². The van der Waals surface area contributed by atoms with Gasteiger partial charge in [0.2, 0.25) is 0 Å². The van der Waals surface area contributed by atoms with Crippen molar-refractivity contribution in [3.8, 4) is 5.75 Å². The van der Waals surface area contributed by atoms with Crippen LogP contribution < -0.4 is 5.73 Å². The van der Waals surface area contributed by atoms with Crippen molar-refractivity contribution >= 4 is 17.2 Å². The Morgan fingerprint density at radius 3 is 2.56 bits per heavy atom. The van der Waals surface area contributed by atoms with Crippen molar-refractivity contribution < 1.29 is 5.11 Å². The highest BCUT2D eigenvalue weighted by atomic mass is 16.3. The predicted octanol–water partition coefficient (Wildman–Crippen LogP) is 2.98. The molecule has 4 nitrogen and oxygen atoms in total. The van der Waals surface area contributed by atoms with E-state index < -0.39 is 0 Å². The minimum Gasteiger partial charge on any atom is -0.507 e. The molecular weight excluding hydrogens is 226 g/mol. The SMILES string of the molecule is C=C(C)C(N)=Nc1ccc(O)c(C(=N)C(C)C)c1. The molecule has 0 saturated carbocycles. The van der Waals surface area contributed by atoms with E-state index in [1.807, 2.05) is 13.8 Å². The summed E-state index contributed by atoms with van der Waals surface area (Å²) in [4.78, 5) is 4.19. The molecule has 1 aromatic carbocycles. The Hall–Kier alpha value is -2.10. The Morgan fingerprint density at radius 2 is 2.06 bits per heavy atom. The molecular formula is C14H19N3O. The minimum absolute atomic E-state index is 0.0358. The summed E-state index contributed by atoms with van der Waals surface area (Å²) in [6.07, 6.45) is 0. The van der Waals surface area contributed by atoms with Gasteiger partial charge in [0.15, 0.2) is 0 Å². The Morgan fingerprint density at radius 1 is 1.44 bits per heavy atom. The number of phenolic OH excluding ortho intramolecular Hbond substituents is 1. The van der Waals surface area contributed by atoms with Crippen LogP contribution >= 0.6 is 0 Å². The van der Waals surface area contributed by atoms with Crippen LogP contribution in [0.15, 0.2) is 35.3 Å². The second kappa shape index (κ2) is 5.49. The zero-order chi connectivity index (χ0) is 13.9. The fourth-order valence-electron chi connectivity index (χ4n) is 1.35. The number of hydrogen-bond acceptors (Lipinski definition) is 3. The standard InChI is InChI=1S/C14H19N3O/c1-8(2)13(15)11-7-10(5-6-12(11)18)17-14(16)9(3)4/h5-8,15,18H,3H2,1-2,4H3,(H2,16,17). The molecule has 0 spiro atoms. The van der Waals surface area contributed by atoms with Crippen LogP contribution in [-0.2, 0) is 0 Å². The van der Waals surface area contributed by atoms with Gasteiger partial charge >= 0.3 is 0 Å². The normalized spacial score (nSPS) is 11.7. The van der Waals surface area contributed by atoms with Gasteiger partial charge < -0.3 is 16.2 Å². The number of amidine groups is 1. The van der Waals surface area contributed by atoms with Gasteiger partial charge in [0, 0.05) is 11.3 Å². The number of hydrogen-bond donors (Lipinski definition) is 3. The molecule has 0 atom stereocenters. The molecule has 96 valence electrons. The maximum Gasteiger partial charge on any atom is 0.126 e. The molecule has 4 N–H and O–H groups in total. The number of benzene rings is 1. The van der Waals surface area contributed by atoms with Crippen LogP contribution in [-0.4, -0.2) is 16.7 Å². The summed E-state index contributed by atoms with van der Waals surface area (Å²) < 4.78 is 0. The summed E-state index contributed by atoms with van der Waals surface area (Å²) in [5, 5.41) is 17.7. The number of nitrogens with two attached hydrogens (primary N) is 1. The molecule has 0 aliphatic heterocycles. The van der Waals surface area contributed by atoms with Crippen LogP contribution in [0.5, 0.6) is 5.75 Å². The summed E-state index contributed by atoms with van der Waals surface area (Å²) >= 11 is 0. The van der Waals surface area contributed by atoms with E-state index in [9.17, 15) is 5.11 Å². The number of phenols is 1. The van der Waals surface area contributed by atoms with Gasteiger partial charge in [-0.1, -0.05) is 20.4 Å². The van der Waals surface area contributed by atoms with Crippen molar-refractivity contribution in [2.75, 3.05) is 0 Å². The largest absolute Gasteiger partial charge is 0.507 e. The minimum atomic E-state index is 0.0358.